The van der Waals surface area contributed by atoms with Crippen molar-refractivity contribution in [3.8, 4) is 0 Å². The molecule has 0 spiro atoms. The third-order valence-electron chi connectivity index (χ3n) is 5.48. The maximum Gasteiger partial charge on any atom is 0.147 e. The molecule has 0 radical (unpaired) electrons. The highest BCUT2D eigenvalue weighted by atomic mass is 15.3. The van der Waals surface area contributed by atoms with Crippen molar-refractivity contribution in [2.45, 2.75) is 58.2 Å². The molecule has 0 bridgehead atoms. The summed E-state index contributed by atoms with van der Waals surface area (Å²) < 4.78 is 2.16. The molecule has 2 N–H and O–H groups in total. The van der Waals surface area contributed by atoms with Crippen molar-refractivity contribution in [3.63, 3.8) is 0 Å². The van der Waals surface area contributed by atoms with Crippen LogP contribution in [0.3, 0.4) is 0 Å². The Balaban J connectivity index is 1.90. The lowest BCUT2D eigenvalue weighted by atomic mass is 9.62. The van der Waals surface area contributed by atoms with Crippen molar-refractivity contribution in [2.75, 3.05) is 13.1 Å². The molecule has 0 aromatic carbocycles. The first-order valence-electron chi connectivity index (χ1n) is 7.41. The minimum Gasteiger partial charge on any atom is -0.329 e. The number of nitrogens with two attached hydrogens (primary N) is 1. The minimum atomic E-state index is 0.127. The number of aromatic nitrogens is 3. The van der Waals surface area contributed by atoms with E-state index in [1.807, 2.05) is 6.33 Å². The Hall–Kier alpha value is -0.940. The molecule has 0 saturated heterocycles. The largest absolute Gasteiger partial charge is 0.329 e. The van der Waals surface area contributed by atoms with Crippen LogP contribution in [0.1, 0.15) is 45.4 Å². The average Bonchev–Trinajstić information content (AvgIpc) is 2.86. The molecule has 19 heavy (non-hydrogen) atoms. The number of nitrogens with zero attached hydrogens (tertiary/aromatic N) is 4. The molecule has 3 rings (SSSR count). The maximum absolute atomic E-state index is 6.26. The fraction of sp³-hybridized carbons (Fsp3) is 0.857. The van der Waals surface area contributed by atoms with Crippen LogP contribution in [-0.4, -0.2) is 38.3 Å². The van der Waals surface area contributed by atoms with Crippen LogP contribution in [0.2, 0.25) is 0 Å². The van der Waals surface area contributed by atoms with Gasteiger partial charge in [-0.2, -0.15) is 0 Å². The molecule has 5 heteroatoms. The highest BCUT2D eigenvalue weighted by Crippen LogP contribution is 2.47. The lowest BCUT2D eigenvalue weighted by Crippen LogP contribution is -2.64. The fourth-order valence-electron chi connectivity index (χ4n) is 4.08. The van der Waals surface area contributed by atoms with Gasteiger partial charge in [-0.15, -0.1) is 10.2 Å². The van der Waals surface area contributed by atoms with Gasteiger partial charge in [0.15, 0.2) is 0 Å². The Morgan fingerprint density at radius 3 is 2.79 bits per heavy atom. The van der Waals surface area contributed by atoms with Gasteiger partial charge in [0.2, 0.25) is 0 Å². The molecule has 1 aromatic heterocycles. The average molecular weight is 263 g/mol. The minimum absolute atomic E-state index is 0.127. The first kappa shape index (κ1) is 13.1. The first-order valence-corrected chi connectivity index (χ1v) is 7.41. The zero-order chi connectivity index (χ0) is 13.5. The maximum atomic E-state index is 6.26. The van der Waals surface area contributed by atoms with Gasteiger partial charge in [-0.3, -0.25) is 4.90 Å². The summed E-state index contributed by atoms with van der Waals surface area (Å²) in [7, 11) is 0. The van der Waals surface area contributed by atoms with Crippen LogP contribution in [0.4, 0.5) is 0 Å². The molecule has 1 fully saturated rings. The highest BCUT2D eigenvalue weighted by Gasteiger charge is 2.50. The molecule has 1 saturated carbocycles. The molecule has 0 amide bonds. The van der Waals surface area contributed by atoms with E-state index in [1.54, 1.807) is 0 Å². The zero-order valence-electron chi connectivity index (χ0n) is 12.1. The second kappa shape index (κ2) is 4.56. The van der Waals surface area contributed by atoms with E-state index in [1.165, 1.54) is 25.7 Å². The summed E-state index contributed by atoms with van der Waals surface area (Å²) in [6, 6.07) is 0. The molecule has 1 atom stereocenters. The molecular weight excluding hydrogens is 238 g/mol. The van der Waals surface area contributed by atoms with Gasteiger partial charge in [0.1, 0.15) is 12.2 Å². The van der Waals surface area contributed by atoms with Crippen molar-refractivity contribution < 1.29 is 0 Å². The molecule has 1 aliphatic carbocycles. The van der Waals surface area contributed by atoms with Gasteiger partial charge in [-0.25, -0.2) is 0 Å². The lowest BCUT2D eigenvalue weighted by Gasteiger charge is -2.56. The molecule has 1 aromatic rings. The monoisotopic (exact) mass is 263 g/mol. The normalized spacial score (nSPS) is 31.1. The summed E-state index contributed by atoms with van der Waals surface area (Å²) in [4.78, 5) is 2.58. The van der Waals surface area contributed by atoms with Crippen molar-refractivity contribution in [1.82, 2.24) is 19.7 Å². The topological polar surface area (TPSA) is 60.0 Å². The number of fused-ring (bicyclic) bond motifs is 1. The molecular formula is C14H25N5. The smallest absolute Gasteiger partial charge is 0.147 e. The third kappa shape index (κ3) is 1.91. The predicted molar refractivity (Wildman–Crippen MR) is 74.5 cm³/mol. The summed E-state index contributed by atoms with van der Waals surface area (Å²) in [5, 5.41) is 8.27. The number of hydrogen-bond acceptors (Lipinski definition) is 4. The van der Waals surface area contributed by atoms with E-state index in [0.29, 0.717) is 0 Å². The van der Waals surface area contributed by atoms with E-state index in [4.69, 9.17) is 5.73 Å². The zero-order valence-corrected chi connectivity index (χ0v) is 12.1. The number of rotatable bonds is 2. The summed E-state index contributed by atoms with van der Waals surface area (Å²) in [5.41, 5.74) is 6.66. The molecule has 5 nitrogen and oxygen atoms in total. The van der Waals surface area contributed by atoms with Gasteiger partial charge in [0.05, 0.1) is 6.54 Å². The predicted octanol–water partition coefficient (Wildman–Crippen LogP) is 1.39. The Bertz CT molecular complexity index is 452. The third-order valence-corrected chi connectivity index (χ3v) is 5.48. The van der Waals surface area contributed by atoms with Crippen LogP contribution in [0, 0.1) is 5.41 Å². The van der Waals surface area contributed by atoms with Gasteiger partial charge in [0.25, 0.3) is 0 Å². The lowest BCUT2D eigenvalue weighted by molar-refractivity contribution is -0.0587. The van der Waals surface area contributed by atoms with Gasteiger partial charge in [0, 0.05) is 25.2 Å². The summed E-state index contributed by atoms with van der Waals surface area (Å²) in [5.74, 6) is 1.08. The molecule has 1 aliphatic heterocycles. The van der Waals surface area contributed by atoms with E-state index < -0.39 is 0 Å². The van der Waals surface area contributed by atoms with Crippen LogP contribution in [0.5, 0.6) is 0 Å². The van der Waals surface area contributed by atoms with Crippen molar-refractivity contribution >= 4 is 0 Å². The van der Waals surface area contributed by atoms with Gasteiger partial charge in [-0.05, 0) is 18.3 Å². The van der Waals surface area contributed by atoms with Gasteiger partial charge in [-0.1, -0.05) is 26.7 Å². The highest BCUT2D eigenvalue weighted by molar-refractivity contribution is 5.07. The summed E-state index contributed by atoms with van der Waals surface area (Å²) in [6.45, 7) is 8.46. The van der Waals surface area contributed by atoms with Gasteiger partial charge >= 0.3 is 0 Å². The second-order valence-corrected chi connectivity index (χ2v) is 6.69. The van der Waals surface area contributed by atoms with Crippen LogP contribution < -0.4 is 5.73 Å². The van der Waals surface area contributed by atoms with Crippen LogP contribution in [-0.2, 0) is 13.1 Å². The van der Waals surface area contributed by atoms with Crippen LogP contribution >= 0.6 is 0 Å². The van der Waals surface area contributed by atoms with E-state index in [0.717, 1.165) is 32.0 Å². The van der Waals surface area contributed by atoms with E-state index in [-0.39, 0.29) is 11.0 Å². The Morgan fingerprint density at radius 1 is 1.26 bits per heavy atom. The van der Waals surface area contributed by atoms with E-state index in [9.17, 15) is 0 Å². The molecule has 2 aliphatic rings. The molecule has 1 unspecified atom stereocenters. The Labute approximate surface area is 115 Å². The quantitative estimate of drug-likeness (QED) is 0.876. The van der Waals surface area contributed by atoms with Gasteiger partial charge < -0.3 is 10.3 Å². The van der Waals surface area contributed by atoms with Crippen molar-refractivity contribution in [3.05, 3.63) is 12.2 Å². The SMILES string of the molecule is CC1(C)CCCCC1(CN)N1CCn2cnnc2C1. The Kier molecular flexibility index (Phi) is 3.14. The summed E-state index contributed by atoms with van der Waals surface area (Å²) in [6.07, 6.45) is 6.95. The Morgan fingerprint density at radius 2 is 2.05 bits per heavy atom. The fourth-order valence-corrected chi connectivity index (χ4v) is 4.08. The number of hydrogen-bond donors (Lipinski definition) is 1. The second-order valence-electron chi connectivity index (χ2n) is 6.69. The van der Waals surface area contributed by atoms with E-state index in [2.05, 4.69) is 33.5 Å². The molecule has 106 valence electrons. The standard InChI is InChI=1S/C14H25N5/c1-13(2)5-3-4-6-14(13,10-15)19-8-7-18-11-16-17-12(18)9-19/h11H,3-10,15H2,1-2H3. The first-order chi connectivity index (χ1) is 9.09. The van der Waals surface area contributed by atoms with Crippen LogP contribution in [0.15, 0.2) is 6.33 Å². The van der Waals surface area contributed by atoms with Crippen LogP contribution in [0.25, 0.3) is 0 Å². The van der Waals surface area contributed by atoms with E-state index >= 15 is 0 Å². The summed E-state index contributed by atoms with van der Waals surface area (Å²) >= 11 is 0. The molecule has 2 heterocycles. The van der Waals surface area contributed by atoms with Crippen molar-refractivity contribution in [2.24, 2.45) is 11.1 Å². The van der Waals surface area contributed by atoms with Crippen molar-refractivity contribution in [1.29, 1.82) is 0 Å².